The number of hydrogen-bond donors (Lipinski definition) is 2. The second-order valence-corrected chi connectivity index (χ2v) is 4.22. The summed E-state index contributed by atoms with van der Waals surface area (Å²) in [5, 5.41) is 4.28. The van der Waals surface area contributed by atoms with E-state index in [1.54, 1.807) is 13.1 Å². The Bertz CT molecular complexity index is 620. The van der Waals surface area contributed by atoms with Gasteiger partial charge in [0, 0.05) is 11.6 Å². The fourth-order valence-corrected chi connectivity index (χ4v) is 1.90. The van der Waals surface area contributed by atoms with Crippen LogP contribution in [0, 0.1) is 0 Å². The SMILES string of the molecule is CC[C@H](NC(=O)c1nccc2ccccc12)C(N)=O. The van der Waals surface area contributed by atoms with Gasteiger partial charge in [-0.2, -0.15) is 0 Å². The van der Waals surface area contributed by atoms with E-state index in [1.165, 1.54) is 0 Å². The summed E-state index contributed by atoms with van der Waals surface area (Å²) in [6.45, 7) is 1.78. The summed E-state index contributed by atoms with van der Waals surface area (Å²) in [7, 11) is 0. The van der Waals surface area contributed by atoms with Crippen LogP contribution in [-0.4, -0.2) is 22.8 Å². The van der Waals surface area contributed by atoms with Crippen molar-refractivity contribution in [3.63, 3.8) is 0 Å². The first-order chi connectivity index (χ1) is 9.13. The Hall–Kier alpha value is -2.43. The van der Waals surface area contributed by atoms with Gasteiger partial charge in [-0.15, -0.1) is 0 Å². The predicted molar refractivity (Wildman–Crippen MR) is 72.5 cm³/mol. The van der Waals surface area contributed by atoms with E-state index in [2.05, 4.69) is 10.3 Å². The van der Waals surface area contributed by atoms with E-state index >= 15 is 0 Å². The van der Waals surface area contributed by atoms with E-state index < -0.39 is 11.9 Å². The van der Waals surface area contributed by atoms with Crippen molar-refractivity contribution in [2.45, 2.75) is 19.4 Å². The molecule has 0 unspecified atom stereocenters. The van der Waals surface area contributed by atoms with Gasteiger partial charge in [-0.25, -0.2) is 0 Å². The van der Waals surface area contributed by atoms with Crippen molar-refractivity contribution in [1.82, 2.24) is 10.3 Å². The number of nitrogens with two attached hydrogens (primary N) is 1. The molecular weight excluding hydrogens is 242 g/mol. The summed E-state index contributed by atoms with van der Waals surface area (Å²) in [6, 6.07) is 8.61. The molecule has 1 heterocycles. The maximum atomic E-state index is 12.2. The molecule has 0 bridgehead atoms. The van der Waals surface area contributed by atoms with Crippen LogP contribution in [0.3, 0.4) is 0 Å². The lowest BCUT2D eigenvalue weighted by Crippen LogP contribution is -2.44. The fourth-order valence-electron chi connectivity index (χ4n) is 1.90. The van der Waals surface area contributed by atoms with E-state index in [4.69, 9.17) is 5.73 Å². The highest BCUT2D eigenvalue weighted by atomic mass is 16.2. The Kier molecular flexibility index (Phi) is 3.75. The zero-order chi connectivity index (χ0) is 13.8. The molecule has 0 aliphatic heterocycles. The zero-order valence-corrected chi connectivity index (χ0v) is 10.6. The van der Waals surface area contributed by atoms with Gasteiger partial charge in [-0.05, 0) is 17.9 Å². The number of carbonyl (C=O) groups is 2. The van der Waals surface area contributed by atoms with Gasteiger partial charge in [-0.1, -0.05) is 31.2 Å². The Morgan fingerprint density at radius 2 is 2.05 bits per heavy atom. The lowest BCUT2D eigenvalue weighted by atomic mass is 10.1. The van der Waals surface area contributed by atoms with Crippen LogP contribution in [0.4, 0.5) is 0 Å². The van der Waals surface area contributed by atoms with Crippen LogP contribution in [0.1, 0.15) is 23.8 Å². The van der Waals surface area contributed by atoms with Crippen molar-refractivity contribution in [2.75, 3.05) is 0 Å². The maximum Gasteiger partial charge on any atom is 0.271 e. The summed E-state index contributed by atoms with van der Waals surface area (Å²) >= 11 is 0. The number of hydrogen-bond acceptors (Lipinski definition) is 3. The third-order valence-electron chi connectivity index (χ3n) is 2.95. The second-order valence-electron chi connectivity index (χ2n) is 4.22. The lowest BCUT2D eigenvalue weighted by molar-refractivity contribution is -0.119. The summed E-state index contributed by atoms with van der Waals surface area (Å²) in [5.74, 6) is -0.932. The molecule has 2 amide bonds. The molecule has 0 radical (unpaired) electrons. The normalized spacial score (nSPS) is 12.1. The molecule has 1 aromatic heterocycles. The van der Waals surface area contributed by atoms with Gasteiger partial charge in [0.1, 0.15) is 11.7 Å². The van der Waals surface area contributed by atoms with Crippen LogP contribution in [-0.2, 0) is 4.79 Å². The molecule has 5 nitrogen and oxygen atoms in total. The van der Waals surface area contributed by atoms with E-state index in [9.17, 15) is 9.59 Å². The molecule has 1 atom stereocenters. The van der Waals surface area contributed by atoms with Crippen LogP contribution >= 0.6 is 0 Å². The molecule has 98 valence electrons. The third-order valence-corrected chi connectivity index (χ3v) is 2.95. The summed E-state index contributed by atoms with van der Waals surface area (Å²) in [5.41, 5.74) is 5.52. The van der Waals surface area contributed by atoms with E-state index in [0.29, 0.717) is 12.1 Å². The molecule has 2 aromatic rings. The maximum absolute atomic E-state index is 12.2. The number of nitrogens with one attached hydrogen (secondary N) is 1. The number of aromatic nitrogens is 1. The highest BCUT2D eigenvalue weighted by Crippen LogP contribution is 2.16. The van der Waals surface area contributed by atoms with Crippen molar-refractivity contribution in [3.05, 3.63) is 42.2 Å². The van der Waals surface area contributed by atoms with E-state index in [0.717, 1.165) is 10.8 Å². The molecule has 3 N–H and O–H groups in total. The minimum absolute atomic E-state index is 0.304. The molecule has 0 aliphatic rings. The topological polar surface area (TPSA) is 85.1 Å². The molecule has 1 aromatic carbocycles. The number of nitrogens with zero attached hydrogens (tertiary/aromatic N) is 1. The molecule has 5 heteroatoms. The second kappa shape index (κ2) is 5.48. The molecular formula is C14H15N3O2. The minimum atomic E-state index is -0.673. The van der Waals surface area contributed by atoms with Crippen LogP contribution in [0.5, 0.6) is 0 Å². The van der Waals surface area contributed by atoms with Gasteiger partial charge in [0.2, 0.25) is 5.91 Å². The largest absolute Gasteiger partial charge is 0.368 e. The van der Waals surface area contributed by atoms with E-state index in [-0.39, 0.29) is 5.91 Å². The molecule has 0 aliphatic carbocycles. The van der Waals surface area contributed by atoms with Crippen molar-refractivity contribution in [2.24, 2.45) is 5.73 Å². The Morgan fingerprint density at radius 3 is 2.74 bits per heavy atom. The Morgan fingerprint density at radius 1 is 1.32 bits per heavy atom. The van der Waals surface area contributed by atoms with Crippen LogP contribution < -0.4 is 11.1 Å². The van der Waals surface area contributed by atoms with Gasteiger partial charge < -0.3 is 11.1 Å². The molecule has 0 saturated heterocycles. The smallest absolute Gasteiger partial charge is 0.271 e. The molecule has 0 saturated carbocycles. The van der Waals surface area contributed by atoms with Gasteiger partial charge in [-0.3, -0.25) is 14.6 Å². The first kappa shape index (κ1) is 13.0. The number of pyridine rings is 1. The minimum Gasteiger partial charge on any atom is -0.368 e. The number of carbonyl (C=O) groups excluding carboxylic acids is 2. The van der Waals surface area contributed by atoms with Crippen molar-refractivity contribution >= 4 is 22.6 Å². The lowest BCUT2D eigenvalue weighted by Gasteiger charge is -2.13. The predicted octanol–water partition coefficient (Wildman–Crippen LogP) is 1.23. The van der Waals surface area contributed by atoms with Gasteiger partial charge in [0.25, 0.3) is 5.91 Å². The number of primary amides is 1. The first-order valence-electron chi connectivity index (χ1n) is 6.07. The Labute approximate surface area is 110 Å². The summed E-state index contributed by atoms with van der Waals surface area (Å²) < 4.78 is 0. The molecule has 0 spiro atoms. The molecule has 2 rings (SSSR count). The van der Waals surface area contributed by atoms with Crippen molar-refractivity contribution in [1.29, 1.82) is 0 Å². The van der Waals surface area contributed by atoms with E-state index in [1.807, 2.05) is 30.3 Å². The number of rotatable bonds is 4. The number of amides is 2. The zero-order valence-electron chi connectivity index (χ0n) is 10.6. The van der Waals surface area contributed by atoms with Gasteiger partial charge in [0.15, 0.2) is 0 Å². The van der Waals surface area contributed by atoms with Gasteiger partial charge >= 0.3 is 0 Å². The highest BCUT2D eigenvalue weighted by Gasteiger charge is 2.18. The molecule has 19 heavy (non-hydrogen) atoms. The highest BCUT2D eigenvalue weighted by molar-refractivity contribution is 6.06. The van der Waals surface area contributed by atoms with Crippen LogP contribution in [0.2, 0.25) is 0 Å². The standard InChI is InChI=1S/C14H15N3O2/c1-2-11(13(15)18)17-14(19)12-10-6-4-3-5-9(10)7-8-16-12/h3-8,11H,2H2,1H3,(H2,15,18)(H,17,19)/t11-/m0/s1. The van der Waals surface area contributed by atoms with Crippen molar-refractivity contribution in [3.8, 4) is 0 Å². The summed E-state index contributed by atoms with van der Waals surface area (Å²) in [6.07, 6.45) is 2.02. The fraction of sp³-hybridized carbons (Fsp3) is 0.214. The average Bonchev–Trinajstić information content (AvgIpc) is 2.43. The Balaban J connectivity index is 2.34. The molecule has 0 fully saturated rings. The van der Waals surface area contributed by atoms with Crippen LogP contribution in [0.15, 0.2) is 36.5 Å². The quantitative estimate of drug-likeness (QED) is 0.863. The monoisotopic (exact) mass is 257 g/mol. The number of benzene rings is 1. The third kappa shape index (κ3) is 2.70. The van der Waals surface area contributed by atoms with Gasteiger partial charge in [0.05, 0.1) is 0 Å². The summed E-state index contributed by atoms with van der Waals surface area (Å²) in [4.78, 5) is 27.4. The number of fused-ring (bicyclic) bond motifs is 1. The first-order valence-corrected chi connectivity index (χ1v) is 6.07. The van der Waals surface area contributed by atoms with Crippen molar-refractivity contribution < 1.29 is 9.59 Å². The van der Waals surface area contributed by atoms with Crippen LogP contribution in [0.25, 0.3) is 10.8 Å². The average molecular weight is 257 g/mol.